The van der Waals surface area contributed by atoms with Gasteiger partial charge in [-0.05, 0) is 87.3 Å². The first-order valence-electron chi connectivity index (χ1n) is 11.1. The number of ether oxygens (including phenoxy) is 2. The van der Waals surface area contributed by atoms with E-state index in [2.05, 4.69) is 62.9 Å². The first-order chi connectivity index (χ1) is 17.1. The van der Waals surface area contributed by atoms with Gasteiger partial charge < -0.3 is 14.5 Å². The Morgan fingerprint density at radius 2 is 1.91 bits per heavy atom. The minimum Gasteiger partial charge on any atom is -0.493 e. The molecule has 4 aromatic carbocycles. The zero-order chi connectivity index (χ0) is 24.4. The molecule has 6 heteroatoms. The molecule has 5 nitrogen and oxygen atoms in total. The molecule has 0 saturated carbocycles. The van der Waals surface area contributed by atoms with Crippen LogP contribution in [0, 0.1) is 21.8 Å². The van der Waals surface area contributed by atoms with Gasteiger partial charge in [-0.2, -0.15) is 5.26 Å². The first-order valence-corrected chi connectivity index (χ1v) is 12.2. The van der Waals surface area contributed by atoms with Crippen LogP contribution in [0.4, 0.5) is 0 Å². The smallest absolute Gasteiger partial charge is 0.174 e. The van der Waals surface area contributed by atoms with Crippen molar-refractivity contribution in [3.05, 3.63) is 98.9 Å². The number of fused-ring (bicyclic) bond motifs is 2. The summed E-state index contributed by atoms with van der Waals surface area (Å²) in [7, 11) is 1.62. The van der Waals surface area contributed by atoms with Crippen molar-refractivity contribution in [2.45, 2.75) is 13.5 Å². The highest BCUT2D eigenvalue weighted by Crippen LogP contribution is 2.36. The molecule has 0 aliphatic carbocycles. The fraction of sp³-hybridized carbons (Fsp3) is 0.103. The van der Waals surface area contributed by atoms with E-state index in [-0.39, 0.29) is 0 Å². The zero-order valence-corrected chi connectivity index (χ0v) is 21.5. The van der Waals surface area contributed by atoms with E-state index in [9.17, 15) is 5.26 Å². The second-order valence-electron chi connectivity index (χ2n) is 8.24. The van der Waals surface area contributed by atoms with Crippen LogP contribution in [-0.2, 0) is 6.61 Å². The van der Waals surface area contributed by atoms with E-state index < -0.39 is 0 Å². The van der Waals surface area contributed by atoms with Gasteiger partial charge in [0.1, 0.15) is 18.5 Å². The number of imidazole rings is 1. The molecule has 5 aromatic rings. The SMILES string of the molecule is COc1cc(/C=C(/C#N)c2nc3ccc(C)cc3[nH]2)cc(I)c1OCc1cccc2ccccc12. The molecule has 172 valence electrons. The Labute approximate surface area is 217 Å². The molecule has 5 rings (SSSR count). The third-order valence-electron chi connectivity index (χ3n) is 5.83. The van der Waals surface area contributed by atoms with E-state index in [4.69, 9.17) is 9.47 Å². The minimum atomic E-state index is 0.421. The number of benzene rings is 4. The molecule has 1 heterocycles. The van der Waals surface area contributed by atoms with Crippen LogP contribution in [0.1, 0.15) is 22.5 Å². The molecule has 0 spiro atoms. The fourth-order valence-corrected chi connectivity index (χ4v) is 4.88. The number of aryl methyl sites for hydroxylation is 1. The molecule has 1 N–H and O–H groups in total. The van der Waals surface area contributed by atoms with E-state index in [0.717, 1.165) is 31.3 Å². The topological polar surface area (TPSA) is 70.9 Å². The molecule has 0 aliphatic rings. The normalized spacial score (nSPS) is 11.5. The number of H-pyrrole nitrogens is 1. The summed E-state index contributed by atoms with van der Waals surface area (Å²) in [6, 6.07) is 26.6. The highest BCUT2D eigenvalue weighted by molar-refractivity contribution is 14.1. The Hall–Kier alpha value is -3.83. The van der Waals surface area contributed by atoms with Crippen LogP contribution in [0.3, 0.4) is 0 Å². The Kier molecular flexibility index (Phi) is 6.43. The number of nitrogens with one attached hydrogen (secondary N) is 1. The highest BCUT2D eigenvalue weighted by atomic mass is 127. The standard InChI is InChI=1S/C29H22IN3O2/c1-18-10-11-25-26(12-18)33-29(32-25)22(16-31)13-19-14-24(30)28(27(15-19)34-2)35-17-21-8-5-7-20-6-3-4-9-23(20)21/h3-15H,17H2,1-2H3,(H,32,33)/b22-13-. The molecule has 0 radical (unpaired) electrons. The number of nitriles is 1. The van der Waals surface area contributed by atoms with Crippen LogP contribution < -0.4 is 9.47 Å². The molecular weight excluding hydrogens is 549 g/mol. The number of hydrogen-bond donors (Lipinski definition) is 1. The van der Waals surface area contributed by atoms with Crippen molar-refractivity contribution in [1.29, 1.82) is 5.26 Å². The van der Waals surface area contributed by atoms with Crippen molar-refractivity contribution in [1.82, 2.24) is 9.97 Å². The number of aromatic amines is 1. The molecule has 1 aromatic heterocycles. The Bertz CT molecular complexity index is 1620. The molecule has 35 heavy (non-hydrogen) atoms. The van der Waals surface area contributed by atoms with Gasteiger partial charge in [-0.1, -0.05) is 48.5 Å². The van der Waals surface area contributed by atoms with Gasteiger partial charge in [-0.3, -0.25) is 0 Å². The number of nitrogens with zero attached hydrogens (tertiary/aromatic N) is 2. The quantitative estimate of drug-likeness (QED) is 0.172. The molecule has 0 aliphatic heterocycles. The van der Waals surface area contributed by atoms with E-state index in [0.29, 0.717) is 29.5 Å². The van der Waals surface area contributed by atoms with Crippen molar-refractivity contribution in [2.24, 2.45) is 0 Å². The second-order valence-corrected chi connectivity index (χ2v) is 9.40. The van der Waals surface area contributed by atoms with Gasteiger partial charge in [0, 0.05) is 0 Å². The van der Waals surface area contributed by atoms with Crippen LogP contribution in [0.25, 0.3) is 33.5 Å². The van der Waals surface area contributed by atoms with Crippen molar-refractivity contribution >= 4 is 56.0 Å². The molecule has 0 atom stereocenters. The number of halogens is 1. The molecule has 0 unspecified atom stereocenters. The van der Waals surface area contributed by atoms with Gasteiger partial charge in [0.05, 0.1) is 27.3 Å². The molecule has 0 saturated heterocycles. The van der Waals surface area contributed by atoms with Crippen LogP contribution in [0.15, 0.2) is 72.8 Å². The number of hydrogen-bond acceptors (Lipinski definition) is 4. The van der Waals surface area contributed by atoms with Crippen LogP contribution in [0.2, 0.25) is 0 Å². The summed E-state index contributed by atoms with van der Waals surface area (Å²) in [6.45, 7) is 2.45. The average molecular weight is 571 g/mol. The van der Waals surface area contributed by atoms with Crippen molar-refractivity contribution in [3.63, 3.8) is 0 Å². The average Bonchev–Trinajstić information content (AvgIpc) is 3.29. The van der Waals surface area contributed by atoms with Gasteiger partial charge in [0.25, 0.3) is 0 Å². The zero-order valence-electron chi connectivity index (χ0n) is 19.3. The lowest BCUT2D eigenvalue weighted by molar-refractivity contribution is 0.283. The maximum atomic E-state index is 9.83. The predicted octanol–water partition coefficient (Wildman–Crippen LogP) is 7.28. The van der Waals surface area contributed by atoms with Gasteiger partial charge in [-0.15, -0.1) is 0 Å². The predicted molar refractivity (Wildman–Crippen MR) is 148 cm³/mol. The van der Waals surface area contributed by atoms with Crippen LogP contribution in [0.5, 0.6) is 11.5 Å². The molecule has 0 fully saturated rings. The van der Waals surface area contributed by atoms with E-state index in [1.165, 1.54) is 10.8 Å². The lowest BCUT2D eigenvalue weighted by Crippen LogP contribution is -2.01. The monoisotopic (exact) mass is 571 g/mol. The summed E-state index contributed by atoms with van der Waals surface area (Å²) in [4.78, 5) is 7.84. The molecular formula is C29H22IN3O2. The van der Waals surface area contributed by atoms with E-state index in [1.54, 1.807) is 7.11 Å². The van der Waals surface area contributed by atoms with Crippen molar-refractivity contribution in [2.75, 3.05) is 7.11 Å². The summed E-state index contributed by atoms with van der Waals surface area (Å²) in [6.07, 6.45) is 1.81. The third kappa shape index (κ3) is 4.73. The summed E-state index contributed by atoms with van der Waals surface area (Å²) in [5, 5.41) is 12.2. The lowest BCUT2D eigenvalue weighted by atomic mass is 10.1. The fourth-order valence-electron chi connectivity index (χ4n) is 4.10. The Morgan fingerprint density at radius 3 is 2.74 bits per heavy atom. The maximum absolute atomic E-state index is 9.83. The van der Waals surface area contributed by atoms with Crippen molar-refractivity contribution < 1.29 is 9.47 Å². The van der Waals surface area contributed by atoms with Gasteiger partial charge in [0.2, 0.25) is 0 Å². The van der Waals surface area contributed by atoms with Crippen molar-refractivity contribution in [3.8, 4) is 17.6 Å². The van der Waals surface area contributed by atoms with E-state index >= 15 is 0 Å². The number of rotatable bonds is 6. The summed E-state index contributed by atoms with van der Waals surface area (Å²) in [5.41, 5.74) is 5.25. The molecule has 0 amide bonds. The Balaban J connectivity index is 1.45. The summed E-state index contributed by atoms with van der Waals surface area (Å²) < 4.78 is 12.8. The largest absolute Gasteiger partial charge is 0.493 e. The van der Waals surface area contributed by atoms with Crippen LogP contribution >= 0.6 is 22.6 Å². The van der Waals surface area contributed by atoms with Crippen LogP contribution in [-0.4, -0.2) is 17.1 Å². The summed E-state index contributed by atoms with van der Waals surface area (Å²) >= 11 is 2.24. The first kappa shape index (κ1) is 22.9. The summed E-state index contributed by atoms with van der Waals surface area (Å²) in [5.74, 6) is 1.83. The maximum Gasteiger partial charge on any atom is 0.174 e. The molecule has 0 bridgehead atoms. The second kappa shape index (κ2) is 9.80. The van der Waals surface area contributed by atoms with Gasteiger partial charge in [-0.25, -0.2) is 4.98 Å². The number of aromatic nitrogens is 2. The van der Waals surface area contributed by atoms with E-state index in [1.807, 2.05) is 61.5 Å². The lowest BCUT2D eigenvalue weighted by Gasteiger charge is -2.15. The number of methoxy groups -OCH3 is 1. The number of allylic oxidation sites excluding steroid dienone is 1. The minimum absolute atomic E-state index is 0.421. The Morgan fingerprint density at radius 1 is 1.09 bits per heavy atom. The van der Waals surface area contributed by atoms with Gasteiger partial charge >= 0.3 is 0 Å². The van der Waals surface area contributed by atoms with Gasteiger partial charge in [0.15, 0.2) is 11.5 Å². The highest BCUT2D eigenvalue weighted by Gasteiger charge is 2.14. The third-order valence-corrected chi connectivity index (χ3v) is 6.63.